The van der Waals surface area contributed by atoms with Gasteiger partial charge >= 0.3 is 0 Å². The van der Waals surface area contributed by atoms with E-state index in [0.29, 0.717) is 0 Å². The molecule has 0 aromatic carbocycles. The van der Waals surface area contributed by atoms with E-state index in [4.69, 9.17) is 66.7 Å². The zero-order chi connectivity index (χ0) is 84.9. The maximum absolute atomic E-state index is 13.0. The Hall–Kier alpha value is -5.34. The molecular formula is C64H110N4O45. The molecular weight excluding hydrogens is 1540 g/mol. The molecule has 5 heterocycles. The molecule has 0 radical (unpaired) electrons. The van der Waals surface area contributed by atoms with Crippen molar-refractivity contribution in [1.82, 2.24) is 21.3 Å². The van der Waals surface area contributed by atoms with E-state index in [1.807, 2.05) is 5.32 Å². The Labute approximate surface area is 642 Å². The van der Waals surface area contributed by atoms with Crippen molar-refractivity contribution in [3.05, 3.63) is 34.5 Å². The number of aliphatic hydroxyl groups excluding tert-OH is 28. The van der Waals surface area contributed by atoms with Crippen LogP contribution in [-0.2, 0) is 80.8 Å². The Bertz CT molecular complexity index is 3020. The van der Waals surface area contributed by atoms with Crippen molar-refractivity contribution < 1.29 is 224 Å². The number of ether oxygens (including phenoxy) is 13. The van der Waals surface area contributed by atoms with E-state index >= 15 is 0 Å². The molecule has 5 rings (SSSR count). The van der Waals surface area contributed by atoms with E-state index in [2.05, 4.69) is 16.0 Å². The Kier molecular flexibility index (Phi) is 40.1. The molecule has 5 aliphatic heterocycles. The molecule has 0 saturated carbocycles. The number of carbonyl (C=O) groups is 4. The Balaban J connectivity index is 1.63. The van der Waals surface area contributed by atoms with Crippen LogP contribution in [0, 0.1) is 5.92 Å². The first-order valence-corrected chi connectivity index (χ1v) is 35.5. The minimum absolute atomic E-state index is 0.360. The molecule has 5 aliphatic rings. The fourth-order valence-corrected chi connectivity index (χ4v) is 12.8. The van der Waals surface area contributed by atoms with Gasteiger partial charge in [0.1, 0.15) is 157 Å². The number of nitrogens with one attached hydrogen (secondary N) is 4. The molecule has 32 N–H and O–H groups in total. The van der Waals surface area contributed by atoms with Crippen molar-refractivity contribution in [3.8, 4) is 0 Å². The van der Waals surface area contributed by atoms with Crippen LogP contribution in [0.3, 0.4) is 0 Å². The van der Waals surface area contributed by atoms with Crippen LogP contribution in [0.4, 0.5) is 0 Å². The van der Waals surface area contributed by atoms with Gasteiger partial charge in [0.2, 0.25) is 42.5 Å². The van der Waals surface area contributed by atoms with E-state index in [-0.39, 0.29) is 6.42 Å². The van der Waals surface area contributed by atoms with Gasteiger partial charge in [0.15, 0.2) is 48.7 Å². The summed E-state index contributed by atoms with van der Waals surface area (Å²) in [4.78, 5) is 50.7. The van der Waals surface area contributed by atoms with Crippen molar-refractivity contribution in [1.29, 1.82) is 0 Å². The zero-order valence-corrected chi connectivity index (χ0v) is 61.6. The second-order valence-corrected chi connectivity index (χ2v) is 26.9. The molecule has 656 valence electrons. The van der Waals surface area contributed by atoms with Gasteiger partial charge < -0.3 is 226 Å². The monoisotopic (exact) mass is 1650 g/mol. The standard InChI is InChI=1S/C64H110N4O45/c1-20-34(65-21(2)78)44(90)52(30(16-75)102-20)110-61-37(68-24(5)81)46(92)53(32(18-77)106-61)111-63-50(96)54(112-64-56(47(93)42(88)29(15-74)104-64)113-62-36(67-23(4)80)45(91)51(31(17-76)105-62)108-59(99)48(94)38(84)25(14-73)6-10-69)43(89)33(107-63)19-101-60(100)55(40(86)27(83)8-12-71)109-57(97)35(66-22(3)79)41(87)28(9-13-72)103-58(98)49(95)39(85)26(82)7-11-70/h20,25-34,36-37,40,42-47,50-64,69-77,82-100H,6-19H2,1-5H3,(H,65,78)(H,66,79)(H,67,80)(H,68,81)/b41-35-,48-38-,49-39-/t20-,25+,26-,27+,28+,29?,30?,31?,32?,33?,34?,36?,37?,40?,42+,43+,44?,45?,46?,47?,50?,51+,52+,53+,54?,55?,56?,57-,58-,59-,60+,61-,62-,63-,64+/m0/s1. The normalized spacial score (nSPS) is 35.8. The third kappa shape index (κ3) is 25.6. The van der Waals surface area contributed by atoms with Crippen LogP contribution < -0.4 is 21.3 Å². The number of hydrogen-bond donors (Lipinski definition) is 32. The molecule has 5 saturated heterocycles. The number of aliphatic hydroxyl groups is 28. The summed E-state index contributed by atoms with van der Waals surface area (Å²) in [5, 5.41) is 315. The van der Waals surface area contributed by atoms with Gasteiger partial charge in [-0.15, -0.1) is 0 Å². The smallest absolute Gasteiger partial charge is 0.221 e. The highest BCUT2D eigenvalue weighted by atomic mass is 16.8. The summed E-state index contributed by atoms with van der Waals surface area (Å²) in [6.07, 6.45) is -72.2. The minimum atomic E-state index is -2.93. The SMILES string of the molecule is CC(=O)N/C(=C(\O)[C@@H](CCO)O[C@H](O)/C(O)=C(/O)[C@@H](O)CCO)[C@@H](O)OC(C(O)[C@H](O)CCO)[C@H](O)OCC1O[C@@H](O[C@@H]2C(CO)O[C@@H](O[C@@H]3C(CO)O[C@@H](C)C(NC(C)=O)C3O)C(NC(C)=O)C2O)C(O)C(O[C@H]2OC(CO)[C@@H](O)C(O)C2O[C@@H]2OC(CO)[C@@H](O[C@H](O)/C(O)=C(/O)[C@@H](CO)CCO)C(O)C2NC(C)=O)[C@@H]1O. The summed E-state index contributed by atoms with van der Waals surface area (Å²) >= 11 is 0. The molecule has 5 fully saturated rings. The molecule has 49 heteroatoms. The highest BCUT2D eigenvalue weighted by Gasteiger charge is 2.58. The first-order valence-electron chi connectivity index (χ1n) is 35.5. The quantitative estimate of drug-likeness (QED) is 0.0199. The second kappa shape index (κ2) is 46.1. The van der Waals surface area contributed by atoms with Gasteiger partial charge in [-0.05, 0) is 19.8 Å². The van der Waals surface area contributed by atoms with Crippen molar-refractivity contribution >= 4 is 23.6 Å². The fraction of sp³-hybridized carbons (Fsp3) is 0.844. The largest absolute Gasteiger partial charge is 0.508 e. The van der Waals surface area contributed by atoms with Gasteiger partial charge in [-0.2, -0.15) is 0 Å². The molecule has 0 aromatic rings. The van der Waals surface area contributed by atoms with Gasteiger partial charge in [0.05, 0.1) is 57.9 Å². The van der Waals surface area contributed by atoms with Crippen LogP contribution in [0.15, 0.2) is 34.5 Å². The molecule has 0 aromatic heterocycles. The predicted octanol–water partition coefficient (Wildman–Crippen LogP) is -14.5. The highest BCUT2D eigenvalue weighted by Crippen LogP contribution is 2.38. The molecule has 0 aliphatic carbocycles. The topological polar surface area (TPSA) is 803 Å². The number of amides is 4. The first kappa shape index (κ1) is 98.2. The van der Waals surface area contributed by atoms with Crippen molar-refractivity contribution in [3.63, 3.8) is 0 Å². The van der Waals surface area contributed by atoms with Crippen LogP contribution in [0.2, 0.25) is 0 Å². The molecule has 0 bridgehead atoms. The number of hydrogen-bond acceptors (Lipinski definition) is 45. The van der Waals surface area contributed by atoms with Crippen LogP contribution in [-0.4, -0.2) is 442 Å². The highest BCUT2D eigenvalue weighted by molar-refractivity contribution is 5.75. The van der Waals surface area contributed by atoms with Gasteiger partial charge in [-0.1, -0.05) is 0 Å². The predicted molar refractivity (Wildman–Crippen MR) is 360 cm³/mol. The van der Waals surface area contributed by atoms with E-state index in [9.17, 15) is 157 Å². The van der Waals surface area contributed by atoms with E-state index in [1.54, 1.807) is 0 Å². The Morgan fingerprint density at radius 2 is 0.867 bits per heavy atom. The van der Waals surface area contributed by atoms with Crippen molar-refractivity contribution in [2.24, 2.45) is 5.92 Å². The van der Waals surface area contributed by atoms with Gasteiger partial charge in [0, 0.05) is 72.9 Å². The van der Waals surface area contributed by atoms with Crippen LogP contribution in [0.5, 0.6) is 0 Å². The van der Waals surface area contributed by atoms with E-state index in [1.165, 1.54) is 6.92 Å². The zero-order valence-electron chi connectivity index (χ0n) is 61.6. The molecule has 113 heavy (non-hydrogen) atoms. The summed E-state index contributed by atoms with van der Waals surface area (Å²) in [7, 11) is 0. The van der Waals surface area contributed by atoms with E-state index in [0.717, 1.165) is 27.7 Å². The van der Waals surface area contributed by atoms with Crippen molar-refractivity contribution in [2.75, 3.05) is 66.1 Å². The van der Waals surface area contributed by atoms with Crippen molar-refractivity contribution in [2.45, 2.75) is 269 Å². The lowest BCUT2D eigenvalue weighted by Gasteiger charge is -2.51. The average molecular weight is 1660 g/mol. The second-order valence-electron chi connectivity index (χ2n) is 26.9. The lowest BCUT2D eigenvalue weighted by Crippen LogP contribution is -2.70. The molecule has 4 amide bonds. The number of carbonyl (C=O) groups excluding carboxylic acids is 4. The minimum Gasteiger partial charge on any atom is -0.508 e. The molecule has 49 nitrogen and oxygen atoms in total. The van der Waals surface area contributed by atoms with Gasteiger partial charge in [-0.25, -0.2) is 0 Å². The van der Waals surface area contributed by atoms with Crippen LogP contribution in [0.1, 0.15) is 60.3 Å². The third-order valence-corrected chi connectivity index (χ3v) is 18.7. The van der Waals surface area contributed by atoms with E-state index < -0.39 is 358 Å². The molecule has 17 unspecified atom stereocenters. The summed E-state index contributed by atoms with van der Waals surface area (Å²) in [5.41, 5.74) is -1.24. The number of rotatable bonds is 43. The lowest BCUT2D eigenvalue weighted by molar-refractivity contribution is -0.394. The molecule has 0 spiro atoms. The summed E-state index contributed by atoms with van der Waals surface area (Å²) in [6, 6.07) is -5.16. The summed E-state index contributed by atoms with van der Waals surface area (Å²) in [5.74, 6) is -11.9. The maximum atomic E-state index is 13.0. The fourth-order valence-electron chi connectivity index (χ4n) is 12.8. The summed E-state index contributed by atoms with van der Waals surface area (Å²) in [6.45, 7) is -4.94. The maximum Gasteiger partial charge on any atom is 0.221 e. The molecule has 35 atom stereocenters. The first-order chi connectivity index (χ1) is 53.3. The van der Waals surface area contributed by atoms with Gasteiger partial charge in [0.25, 0.3) is 0 Å². The van der Waals surface area contributed by atoms with Crippen LogP contribution in [0.25, 0.3) is 0 Å². The Morgan fingerprint density at radius 1 is 0.407 bits per heavy atom. The summed E-state index contributed by atoms with van der Waals surface area (Å²) < 4.78 is 75.7. The van der Waals surface area contributed by atoms with Crippen LogP contribution >= 0.6 is 0 Å². The third-order valence-electron chi connectivity index (χ3n) is 18.7. The lowest BCUT2D eigenvalue weighted by atomic mass is 9.92. The Morgan fingerprint density at radius 3 is 1.38 bits per heavy atom. The average Bonchev–Trinajstić information content (AvgIpc) is 0.768. The van der Waals surface area contributed by atoms with Gasteiger partial charge in [-0.3, -0.25) is 19.2 Å².